The van der Waals surface area contributed by atoms with E-state index in [1.807, 2.05) is 25.1 Å². The molecule has 112 valence electrons. The second-order valence-electron chi connectivity index (χ2n) is 5.18. The van der Waals surface area contributed by atoms with Gasteiger partial charge in [0, 0.05) is 10.7 Å². The highest BCUT2D eigenvalue weighted by Gasteiger charge is 2.14. The van der Waals surface area contributed by atoms with Gasteiger partial charge in [0.15, 0.2) is 0 Å². The van der Waals surface area contributed by atoms with Crippen molar-refractivity contribution >= 4 is 15.9 Å². The molecule has 0 aliphatic rings. The Morgan fingerprint density at radius 1 is 1.29 bits per heavy atom. The number of pyridine rings is 1. The van der Waals surface area contributed by atoms with Crippen LogP contribution in [0.2, 0.25) is 0 Å². The number of hydrogen-bond donors (Lipinski definition) is 1. The molecular weight excluding hydrogens is 331 g/mol. The average Bonchev–Trinajstić information content (AvgIpc) is 2.48. The van der Waals surface area contributed by atoms with E-state index in [-0.39, 0.29) is 11.9 Å². The second kappa shape index (κ2) is 7.66. The average molecular weight is 351 g/mol. The Labute approximate surface area is 133 Å². The molecule has 2 nitrogen and oxygen atoms in total. The molecule has 0 saturated carbocycles. The van der Waals surface area contributed by atoms with Crippen molar-refractivity contribution in [2.45, 2.75) is 32.7 Å². The number of nitrogens with one attached hydrogen (secondary N) is 1. The number of aromatic nitrogens is 1. The minimum Gasteiger partial charge on any atom is -0.308 e. The fraction of sp³-hybridized carbons (Fsp3) is 0.353. The Hall–Kier alpha value is -1.26. The normalized spacial score (nSPS) is 12.4. The summed E-state index contributed by atoms with van der Waals surface area (Å²) in [5, 5.41) is 3.50. The highest BCUT2D eigenvalue weighted by atomic mass is 79.9. The van der Waals surface area contributed by atoms with Crippen LogP contribution in [0.4, 0.5) is 4.39 Å². The molecule has 1 N–H and O–H groups in total. The van der Waals surface area contributed by atoms with E-state index < -0.39 is 0 Å². The van der Waals surface area contributed by atoms with E-state index in [0.29, 0.717) is 0 Å². The van der Waals surface area contributed by atoms with Crippen LogP contribution in [0.5, 0.6) is 0 Å². The molecule has 1 unspecified atom stereocenters. The lowest BCUT2D eigenvalue weighted by Crippen LogP contribution is -2.25. The van der Waals surface area contributed by atoms with E-state index in [2.05, 4.69) is 33.2 Å². The molecule has 0 saturated heterocycles. The van der Waals surface area contributed by atoms with Crippen LogP contribution < -0.4 is 5.32 Å². The first kappa shape index (κ1) is 16.1. The van der Waals surface area contributed by atoms with Crippen LogP contribution in [0.15, 0.2) is 41.0 Å². The summed E-state index contributed by atoms with van der Waals surface area (Å²) < 4.78 is 14.4. The first-order chi connectivity index (χ1) is 10.1. The Morgan fingerprint density at radius 3 is 2.76 bits per heavy atom. The quantitative estimate of drug-likeness (QED) is 0.824. The van der Waals surface area contributed by atoms with Gasteiger partial charge in [-0.05, 0) is 77.6 Å². The third-order valence-corrected chi connectivity index (χ3v) is 3.95. The summed E-state index contributed by atoms with van der Waals surface area (Å²) in [6.45, 7) is 5.06. The van der Waals surface area contributed by atoms with Gasteiger partial charge in [-0.2, -0.15) is 0 Å². The van der Waals surface area contributed by atoms with Crippen LogP contribution in [0, 0.1) is 12.7 Å². The maximum Gasteiger partial charge on any atom is 0.123 e. The standard InChI is InChI=1S/C17H20BrFN2/c1-3-8-20-17(16-7-5-14(18)11-21-16)10-13-9-15(19)6-4-12(13)2/h4-7,9,11,17,20H,3,8,10H2,1-2H3. The lowest BCUT2D eigenvalue weighted by molar-refractivity contribution is 0.515. The van der Waals surface area contributed by atoms with Gasteiger partial charge in [0.05, 0.1) is 11.7 Å². The Balaban J connectivity index is 2.23. The summed E-state index contributed by atoms with van der Waals surface area (Å²) in [5.41, 5.74) is 3.11. The van der Waals surface area contributed by atoms with Crippen molar-refractivity contribution in [2.24, 2.45) is 0 Å². The number of aryl methyl sites for hydroxylation is 1. The highest BCUT2D eigenvalue weighted by molar-refractivity contribution is 9.10. The molecule has 0 aliphatic heterocycles. The van der Waals surface area contributed by atoms with Gasteiger partial charge in [-0.1, -0.05) is 13.0 Å². The zero-order valence-corrected chi connectivity index (χ0v) is 14.0. The van der Waals surface area contributed by atoms with E-state index in [4.69, 9.17) is 0 Å². The van der Waals surface area contributed by atoms with Crippen LogP contribution in [0.1, 0.15) is 36.2 Å². The van der Waals surface area contributed by atoms with Gasteiger partial charge in [0.1, 0.15) is 5.82 Å². The minimum absolute atomic E-state index is 0.0959. The first-order valence-electron chi connectivity index (χ1n) is 7.20. The topological polar surface area (TPSA) is 24.9 Å². The smallest absolute Gasteiger partial charge is 0.123 e. The van der Waals surface area contributed by atoms with Crippen molar-refractivity contribution < 1.29 is 4.39 Å². The van der Waals surface area contributed by atoms with Crippen LogP contribution in [0.3, 0.4) is 0 Å². The van der Waals surface area contributed by atoms with Crippen LogP contribution in [-0.4, -0.2) is 11.5 Å². The summed E-state index contributed by atoms with van der Waals surface area (Å²) in [6.07, 6.45) is 3.59. The Kier molecular flexibility index (Phi) is 5.88. The van der Waals surface area contributed by atoms with Crippen LogP contribution in [-0.2, 0) is 6.42 Å². The molecule has 4 heteroatoms. The molecule has 1 aromatic heterocycles. The van der Waals surface area contributed by atoms with Crippen LogP contribution in [0.25, 0.3) is 0 Å². The molecule has 1 aromatic carbocycles. The highest BCUT2D eigenvalue weighted by Crippen LogP contribution is 2.21. The van der Waals surface area contributed by atoms with Crippen molar-refractivity contribution in [3.05, 3.63) is 63.6 Å². The second-order valence-corrected chi connectivity index (χ2v) is 6.10. The van der Waals surface area contributed by atoms with E-state index >= 15 is 0 Å². The van der Waals surface area contributed by atoms with Gasteiger partial charge in [-0.3, -0.25) is 4.98 Å². The molecule has 0 fully saturated rings. The summed E-state index contributed by atoms with van der Waals surface area (Å²) in [4.78, 5) is 4.48. The number of hydrogen-bond acceptors (Lipinski definition) is 2. The SMILES string of the molecule is CCCNC(Cc1cc(F)ccc1C)c1ccc(Br)cn1. The largest absolute Gasteiger partial charge is 0.308 e. The van der Waals surface area contributed by atoms with Gasteiger partial charge in [-0.15, -0.1) is 0 Å². The third-order valence-electron chi connectivity index (χ3n) is 3.48. The van der Waals surface area contributed by atoms with Crippen LogP contribution >= 0.6 is 15.9 Å². The lowest BCUT2D eigenvalue weighted by Gasteiger charge is -2.19. The Bertz CT molecular complexity index is 584. The van der Waals surface area contributed by atoms with Gasteiger partial charge in [0.25, 0.3) is 0 Å². The van der Waals surface area contributed by atoms with E-state index in [9.17, 15) is 4.39 Å². The fourth-order valence-corrected chi connectivity index (χ4v) is 2.51. The number of benzene rings is 1. The van der Waals surface area contributed by atoms with Crippen molar-refractivity contribution in [1.29, 1.82) is 0 Å². The molecule has 0 radical (unpaired) electrons. The molecule has 21 heavy (non-hydrogen) atoms. The summed E-state index contributed by atoms with van der Waals surface area (Å²) >= 11 is 3.40. The van der Waals surface area contributed by atoms with Gasteiger partial charge in [0.2, 0.25) is 0 Å². The number of nitrogens with zero attached hydrogens (tertiary/aromatic N) is 1. The zero-order valence-electron chi connectivity index (χ0n) is 12.4. The molecule has 0 bridgehead atoms. The minimum atomic E-state index is -0.186. The maximum absolute atomic E-state index is 13.5. The fourth-order valence-electron chi connectivity index (χ4n) is 2.27. The summed E-state index contributed by atoms with van der Waals surface area (Å²) in [6, 6.07) is 9.04. The van der Waals surface area contributed by atoms with Crippen molar-refractivity contribution in [2.75, 3.05) is 6.54 Å². The molecule has 1 atom stereocenters. The molecule has 1 heterocycles. The number of halogens is 2. The predicted octanol–water partition coefficient (Wildman–Crippen LogP) is 4.58. The monoisotopic (exact) mass is 350 g/mol. The first-order valence-corrected chi connectivity index (χ1v) is 7.99. The molecule has 0 amide bonds. The van der Waals surface area contributed by atoms with E-state index in [1.165, 1.54) is 6.07 Å². The molecule has 2 rings (SSSR count). The molecule has 0 spiro atoms. The maximum atomic E-state index is 13.5. The molecule has 2 aromatic rings. The van der Waals surface area contributed by atoms with Crippen molar-refractivity contribution in [1.82, 2.24) is 10.3 Å². The van der Waals surface area contributed by atoms with Crippen molar-refractivity contribution in [3.63, 3.8) is 0 Å². The number of rotatable bonds is 6. The summed E-state index contributed by atoms with van der Waals surface area (Å²) in [7, 11) is 0. The third kappa shape index (κ3) is 4.61. The summed E-state index contributed by atoms with van der Waals surface area (Å²) in [5.74, 6) is -0.186. The molecule has 0 aliphatic carbocycles. The lowest BCUT2D eigenvalue weighted by atomic mass is 9.98. The van der Waals surface area contributed by atoms with E-state index in [1.54, 1.807) is 12.3 Å². The van der Waals surface area contributed by atoms with Gasteiger partial charge < -0.3 is 5.32 Å². The molecular formula is C17H20BrFN2. The van der Waals surface area contributed by atoms with E-state index in [0.717, 1.165) is 40.7 Å². The van der Waals surface area contributed by atoms with Gasteiger partial charge in [-0.25, -0.2) is 4.39 Å². The van der Waals surface area contributed by atoms with Gasteiger partial charge >= 0.3 is 0 Å². The zero-order chi connectivity index (χ0) is 15.2. The Morgan fingerprint density at radius 2 is 2.10 bits per heavy atom. The predicted molar refractivity (Wildman–Crippen MR) is 87.8 cm³/mol. The van der Waals surface area contributed by atoms with Crippen molar-refractivity contribution in [3.8, 4) is 0 Å².